The summed E-state index contributed by atoms with van der Waals surface area (Å²) in [4.78, 5) is 0. The van der Waals surface area contributed by atoms with Crippen LogP contribution in [0, 0.1) is 5.92 Å². The molecule has 2 unspecified atom stereocenters. The van der Waals surface area contributed by atoms with Gasteiger partial charge in [-0.05, 0) is 41.6 Å². The van der Waals surface area contributed by atoms with E-state index in [0.29, 0.717) is 6.04 Å². The van der Waals surface area contributed by atoms with E-state index < -0.39 is 0 Å². The summed E-state index contributed by atoms with van der Waals surface area (Å²) in [5.41, 5.74) is 1.48. The summed E-state index contributed by atoms with van der Waals surface area (Å²) < 4.78 is 0. The van der Waals surface area contributed by atoms with E-state index in [1.165, 1.54) is 35.6 Å². The molecule has 0 bridgehead atoms. The molecule has 0 radical (unpaired) electrons. The highest BCUT2D eigenvalue weighted by molar-refractivity contribution is 5.86. The molecule has 1 fully saturated rings. The molecule has 94 valence electrons. The van der Waals surface area contributed by atoms with Gasteiger partial charge in [-0.3, -0.25) is 0 Å². The summed E-state index contributed by atoms with van der Waals surface area (Å²) in [5, 5.41) is 6.46. The SMILES string of the molecule is CCC1CCNC(c2cccc3ccccc23)C1. The smallest absolute Gasteiger partial charge is 0.0329 e. The predicted octanol–water partition coefficient (Wildman–Crippen LogP) is 4.29. The summed E-state index contributed by atoms with van der Waals surface area (Å²) in [7, 11) is 0. The van der Waals surface area contributed by atoms with E-state index in [4.69, 9.17) is 0 Å². The van der Waals surface area contributed by atoms with Crippen molar-refractivity contribution in [2.45, 2.75) is 32.2 Å². The second-order valence-corrected chi connectivity index (χ2v) is 5.37. The maximum atomic E-state index is 3.69. The lowest BCUT2D eigenvalue weighted by Crippen LogP contribution is -2.31. The van der Waals surface area contributed by atoms with Crippen LogP contribution in [0.5, 0.6) is 0 Å². The molecule has 1 aliphatic rings. The number of piperidine rings is 1. The average molecular weight is 239 g/mol. The Hall–Kier alpha value is -1.34. The largest absolute Gasteiger partial charge is 0.310 e. The van der Waals surface area contributed by atoms with Gasteiger partial charge in [0.1, 0.15) is 0 Å². The van der Waals surface area contributed by atoms with Crippen LogP contribution in [0.15, 0.2) is 42.5 Å². The monoisotopic (exact) mass is 239 g/mol. The third-order valence-electron chi connectivity index (χ3n) is 4.29. The van der Waals surface area contributed by atoms with Crippen LogP contribution in [-0.2, 0) is 0 Å². The summed E-state index contributed by atoms with van der Waals surface area (Å²) in [6, 6.07) is 15.9. The molecule has 0 amide bonds. The summed E-state index contributed by atoms with van der Waals surface area (Å²) in [6.45, 7) is 3.47. The number of hydrogen-bond donors (Lipinski definition) is 1. The predicted molar refractivity (Wildman–Crippen MR) is 77.7 cm³/mol. The van der Waals surface area contributed by atoms with E-state index >= 15 is 0 Å². The molecule has 3 rings (SSSR count). The van der Waals surface area contributed by atoms with Crippen LogP contribution in [0.25, 0.3) is 10.8 Å². The molecule has 2 aromatic rings. The second kappa shape index (κ2) is 5.11. The molecule has 1 nitrogen and oxygen atoms in total. The van der Waals surface area contributed by atoms with Gasteiger partial charge in [0.25, 0.3) is 0 Å². The fraction of sp³-hybridized carbons (Fsp3) is 0.412. The fourth-order valence-corrected chi connectivity index (χ4v) is 3.16. The summed E-state index contributed by atoms with van der Waals surface area (Å²) >= 11 is 0. The Morgan fingerprint density at radius 2 is 1.94 bits per heavy atom. The van der Waals surface area contributed by atoms with Crippen molar-refractivity contribution in [2.24, 2.45) is 5.92 Å². The first-order valence-electron chi connectivity index (χ1n) is 7.09. The minimum absolute atomic E-state index is 0.537. The normalized spacial score (nSPS) is 24.3. The zero-order valence-corrected chi connectivity index (χ0v) is 11.0. The Bertz CT molecular complexity index is 527. The highest BCUT2D eigenvalue weighted by atomic mass is 14.9. The zero-order valence-electron chi connectivity index (χ0n) is 11.0. The molecule has 18 heavy (non-hydrogen) atoms. The Labute approximate surface area is 109 Å². The highest BCUT2D eigenvalue weighted by Crippen LogP contribution is 2.32. The van der Waals surface area contributed by atoms with Crippen molar-refractivity contribution in [3.8, 4) is 0 Å². The first-order chi connectivity index (χ1) is 8.88. The third kappa shape index (κ3) is 2.15. The van der Waals surface area contributed by atoms with Gasteiger partial charge >= 0.3 is 0 Å². The van der Waals surface area contributed by atoms with Crippen molar-refractivity contribution in [3.63, 3.8) is 0 Å². The molecule has 0 aromatic heterocycles. The molecular formula is C17H21N. The fourth-order valence-electron chi connectivity index (χ4n) is 3.16. The van der Waals surface area contributed by atoms with Gasteiger partial charge in [0.15, 0.2) is 0 Å². The van der Waals surface area contributed by atoms with Gasteiger partial charge in [-0.25, -0.2) is 0 Å². The molecule has 1 heterocycles. The van der Waals surface area contributed by atoms with Crippen LogP contribution in [-0.4, -0.2) is 6.54 Å². The quantitative estimate of drug-likeness (QED) is 0.824. The molecule has 1 aliphatic heterocycles. The van der Waals surface area contributed by atoms with E-state index in [-0.39, 0.29) is 0 Å². The molecule has 0 saturated carbocycles. The van der Waals surface area contributed by atoms with Crippen LogP contribution in [0.4, 0.5) is 0 Å². The molecule has 1 N–H and O–H groups in total. The lowest BCUT2D eigenvalue weighted by atomic mass is 9.85. The van der Waals surface area contributed by atoms with E-state index in [2.05, 4.69) is 54.7 Å². The maximum Gasteiger partial charge on any atom is 0.0329 e. The Morgan fingerprint density at radius 1 is 1.11 bits per heavy atom. The van der Waals surface area contributed by atoms with Gasteiger partial charge in [0.05, 0.1) is 0 Å². The minimum Gasteiger partial charge on any atom is -0.310 e. The van der Waals surface area contributed by atoms with Crippen LogP contribution >= 0.6 is 0 Å². The lowest BCUT2D eigenvalue weighted by Gasteiger charge is -2.30. The van der Waals surface area contributed by atoms with Crippen LogP contribution in [0.2, 0.25) is 0 Å². The van der Waals surface area contributed by atoms with Crippen molar-refractivity contribution in [1.29, 1.82) is 0 Å². The third-order valence-corrected chi connectivity index (χ3v) is 4.29. The molecule has 1 saturated heterocycles. The topological polar surface area (TPSA) is 12.0 Å². The lowest BCUT2D eigenvalue weighted by molar-refractivity contribution is 0.300. The molecular weight excluding hydrogens is 218 g/mol. The molecule has 0 spiro atoms. The maximum absolute atomic E-state index is 3.69. The Morgan fingerprint density at radius 3 is 2.83 bits per heavy atom. The second-order valence-electron chi connectivity index (χ2n) is 5.37. The first-order valence-corrected chi connectivity index (χ1v) is 7.09. The molecule has 0 aliphatic carbocycles. The Kier molecular flexibility index (Phi) is 3.33. The van der Waals surface area contributed by atoms with Crippen LogP contribution in [0.1, 0.15) is 37.8 Å². The van der Waals surface area contributed by atoms with Crippen molar-refractivity contribution in [2.75, 3.05) is 6.54 Å². The molecule has 2 aromatic carbocycles. The average Bonchev–Trinajstić information content (AvgIpc) is 2.47. The van der Waals surface area contributed by atoms with Crippen LogP contribution < -0.4 is 5.32 Å². The van der Waals surface area contributed by atoms with Crippen molar-refractivity contribution in [3.05, 3.63) is 48.0 Å². The van der Waals surface area contributed by atoms with Crippen molar-refractivity contribution >= 4 is 10.8 Å². The standard InChI is InChI=1S/C17H21N/c1-2-13-10-11-18-17(12-13)16-9-5-7-14-6-3-4-8-15(14)16/h3-9,13,17-18H,2,10-12H2,1H3. The summed E-state index contributed by atoms with van der Waals surface area (Å²) in [5.74, 6) is 0.884. The Balaban J connectivity index is 1.98. The number of benzene rings is 2. The number of fused-ring (bicyclic) bond motifs is 1. The number of rotatable bonds is 2. The van der Waals surface area contributed by atoms with Crippen LogP contribution in [0.3, 0.4) is 0 Å². The van der Waals surface area contributed by atoms with Gasteiger partial charge in [-0.15, -0.1) is 0 Å². The van der Waals surface area contributed by atoms with Gasteiger partial charge in [0, 0.05) is 6.04 Å². The van der Waals surface area contributed by atoms with E-state index in [9.17, 15) is 0 Å². The number of hydrogen-bond acceptors (Lipinski definition) is 1. The van der Waals surface area contributed by atoms with E-state index in [1.807, 2.05) is 0 Å². The van der Waals surface area contributed by atoms with Gasteiger partial charge in [-0.2, -0.15) is 0 Å². The summed E-state index contributed by atoms with van der Waals surface area (Å²) in [6.07, 6.45) is 3.92. The highest BCUT2D eigenvalue weighted by Gasteiger charge is 2.22. The van der Waals surface area contributed by atoms with Crippen molar-refractivity contribution in [1.82, 2.24) is 5.32 Å². The van der Waals surface area contributed by atoms with Gasteiger partial charge in [0.2, 0.25) is 0 Å². The number of nitrogens with one attached hydrogen (secondary N) is 1. The van der Waals surface area contributed by atoms with E-state index in [0.717, 1.165) is 12.5 Å². The van der Waals surface area contributed by atoms with Gasteiger partial charge in [-0.1, -0.05) is 55.8 Å². The minimum atomic E-state index is 0.537. The van der Waals surface area contributed by atoms with E-state index in [1.54, 1.807) is 0 Å². The van der Waals surface area contributed by atoms with Crippen molar-refractivity contribution < 1.29 is 0 Å². The first kappa shape index (κ1) is 11.7. The molecule has 2 atom stereocenters. The molecule has 1 heteroatoms. The zero-order chi connectivity index (χ0) is 12.4. The van der Waals surface area contributed by atoms with Gasteiger partial charge < -0.3 is 5.32 Å².